The topological polar surface area (TPSA) is 52.0 Å². The molecule has 0 amide bonds. The third-order valence-electron chi connectivity index (χ3n) is 2.65. The van der Waals surface area contributed by atoms with E-state index in [-0.39, 0.29) is 0 Å². The summed E-state index contributed by atoms with van der Waals surface area (Å²) in [4.78, 5) is 0. The van der Waals surface area contributed by atoms with Crippen LogP contribution in [0.5, 0.6) is 0 Å². The maximum atomic E-state index is 5.85. The first-order valence-electron chi connectivity index (χ1n) is 5.15. The molecule has 0 radical (unpaired) electrons. The number of hydrogen-bond acceptors (Lipinski definition) is 3. The highest BCUT2D eigenvalue weighted by Crippen LogP contribution is 2.31. The predicted octanol–water partition coefficient (Wildman–Crippen LogP) is 3.73. The molecule has 17 heavy (non-hydrogen) atoms. The van der Waals surface area contributed by atoms with Crippen LogP contribution in [-0.2, 0) is 0 Å². The molecule has 0 aliphatic carbocycles. The molecule has 3 rings (SSSR count). The van der Waals surface area contributed by atoms with Gasteiger partial charge in [-0.25, -0.2) is 0 Å². The van der Waals surface area contributed by atoms with Crippen LogP contribution in [0.1, 0.15) is 0 Å². The summed E-state index contributed by atoms with van der Waals surface area (Å²) >= 11 is 5.85. The number of benzene rings is 2. The Morgan fingerprint density at radius 1 is 1.06 bits per heavy atom. The fourth-order valence-corrected chi connectivity index (χ4v) is 1.93. The molecule has 0 atom stereocenters. The maximum Gasteiger partial charge on any atom is 0.190 e. The van der Waals surface area contributed by atoms with Gasteiger partial charge in [-0.05, 0) is 24.3 Å². The molecule has 2 aromatic carbocycles. The lowest BCUT2D eigenvalue weighted by Gasteiger charge is -1.97. The highest BCUT2D eigenvalue weighted by molar-refractivity contribution is 6.30. The van der Waals surface area contributed by atoms with Crippen LogP contribution in [0, 0.1) is 0 Å². The average molecular weight is 245 g/mol. The van der Waals surface area contributed by atoms with Crippen molar-refractivity contribution >= 4 is 28.3 Å². The fraction of sp³-hybridized carbons (Fsp3) is 0. The van der Waals surface area contributed by atoms with Crippen LogP contribution in [0.2, 0.25) is 5.02 Å². The van der Waals surface area contributed by atoms with Crippen molar-refractivity contribution in [1.82, 2.24) is 5.16 Å². The molecule has 0 bridgehead atoms. The van der Waals surface area contributed by atoms with E-state index < -0.39 is 0 Å². The van der Waals surface area contributed by atoms with E-state index in [0.29, 0.717) is 16.3 Å². The van der Waals surface area contributed by atoms with Crippen molar-refractivity contribution in [1.29, 1.82) is 0 Å². The first-order valence-corrected chi connectivity index (χ1v) is 5.53. The smallest absolute Gasteiger partial charge is 0.190 e. The molecular formula is C13H9ClN2O. The Balaban J connectivity index is 2.24. The van der Waals surface area contributed by atoms with Gasteiger partial charge in [0.25, 0.3) is 0 Å². The van der Waals surface area contributed by atoms with E-state index in [1.165, 1.54) is 0 Å². The van der Waals surface area contributed by atoms with Crippen LogP contribution in [0.4, 0.5) is 5.69 Å². The molecule has 0 spiro atoms. The second kappa shape index (κ2) is 3.79. The third kappa shape index (κ3) is 1.65. The number of nitrogens with two attached hydrogens (primary N) is 1. The Hall–Kier alpha value is -2.00. The summed E-state index contributed by atoms with van der Waals surface area (Å²) in [7, 11) is 0. The Morgan fingerprint density at radius 2 is 1.82 bits per heavy atom. The monoisotopic (exact) mass is 244 g/mol. The molecule has 0 fully saturated rings. The molecule has 3 aromatic rings. The minimum atomic E-state index is 0.593. The molecule has 0 aliphatic rings. The first-order chi connectivity index (χ1) is 8.25. The zero-order valence-electron chi connectivity index (χ0n) is 8.85. The zero-order valence-corrected chi connectivity index (χ0v) is 9.61. The molecule has 0 unspecified atom stereocenters. The van der Waals surface area contributed by atoms with Crippen molar-refractivity contribution in [2.45, 2.75) is 0 Å². The van der Waals surface area contributed by atoms with E-state index in [4.69, 9.17) is 21.9 Å². The first kappa shape index (κ1) is 10.2. The van der Waals surface area contributed by atoms with E-state index in [1.807, 2.05) is 36.4 Å². The molecule has 2 N–H and O–H groups in total. The van der Waals surface area contributed by atoms with E-state index in [0.717, 1.165) is 16.6 Å². The van der Waals surface area contributed by atoms with Crippen LogP contribution in [0.25, 0.3) is 22.2 Å². The fourth-order valence-electron chi connectivity index (χ4n) is 1.80. The molecule has 84 valence electrons. The van der Waals surface area contributed by atoms with Gasteiger partial charge in [0.15, 0.2) is 5.58 Å². The minimum absolute atomic E-state index is 0.593. The van der Waals surface area contributed by atoms with E-state index >= 15 is 0 Å². The Bertz CT molecular complexity index is 673. The summed E-state index contributed by atoms with van der Waals surface area (Å²) in [5.41, 5.74) is 8.77. The van der Waals surface area contributed by atoms with Gasteiger partial charge in [-0.1, -0.05) is 35.0 Å². The van der Waals surface area contributed by atoms with Gasteiger partial charge >= 0.3 is 0 Å². The van der Waals surface area contributed by atoms with E-state index in [1.54, 1.807) is 6.07 Å². The number of nitrogen functional groups attached to an aromatic ring is 1. The average Bonchev–Trinajstić information content (AvgIpc) is 2.75. The molecular weight excluding hydrogens is 236 g/mol. The summed E-state index contributed by atoms with van der Waals surface area (Å²) in [6.07, 6.45) is 0. The standard InChI is InChI=1S/C13H9ClN2O/c14-9-6-4-8(5-7-9)12-10-2-1-3-11(15)13(10)17-16-12/h1-7H,15H2. The van der Waals surface area contributed by atoms with Crippen molar-refractivity contribution in [2.75, 3.05) is 5.73 Å². The number of halogens is 1. The van der Waals surface area contributed by atoms with Gasteiger partial charge in [0.2, 0.25) is 0 Å². The number of nitrogens with zero attached hydrogens (tertiary/aromatic N) is 1. The molecule has 3 nitrogen and oxygen atoms in total. The van der Waals surface area contributed by atoms with Gasteiger partial charge in [-0.3, -0.25) is 0 Å². The van der Waals surface area contributed by atoms with Gasteiger partial charge in [-0.15, -0.1) is 0 Å². The third-order valence-corrected chi connectivity index (χ3v) is 2.90. The number of hydrogen-bond donors (Lipinski definition) is 1. The lowest BCUT2D eigenvalue weighted by atomic mass is 10.1. The maximum absolute atomic E-state index is 5.85. The highest BCUT2D eigenvalue weighted by Gasteiger charge is 2.11. The highest BCUT2D eigenvalue weighted by atomic mass is 35.5. The van der Waals surface area contributed by atoms with Crippen molar-refractivity contribution in [3.8, 4) is 11.3 Å². The Labute approximate surface area is 103 Å². The SMILES string of the molecule is Nc1cccc2c(-c3ccc(Cl)cc3)noc12. The van der Waals surface area contributed by atoms with Gasteiger partial charge in [0.05, 0.1) is 11.1 Å². The summed E-state index contributed by atoms with van der Waals surface area (Å²) in [6, 6.07) is 13.1. The minimum Gasteiger partial charge on any atom is -0.396 e. The van der Waals surface area contributed by atoms with E-state index in [9.17, 15) is 0 Å². The van der Waals surface area contributed by atoms with Crippen LogP contribution in [0.3, 0.4) is 0 Å². The molecule has 1 aromatic heterocycles. The van der Waals surface area contributed by atoms with Crippen LogP contribution in [0.15, 0.2) is 47.0 Å². The van der Waals surface area contributed by atoms with Crippen molar-refractivity contribution < 1.29 is 4.52 Å². The van der Waals surface area contributed by atoms with E-state index in [2.05, 4.69) is 5.16 Å². The quantitative estimate of drug-likeness (QED) is 0.664. The van der Waals surface area contributed by atoms with Crippen molar-refractivity contribution in [2.24, 2.45) is 0 Å². The molecule has 0 saturated carbocycles. The summed E-state index contributed by atoms with van der Waals surface area (Å²) in [5, 5.41) is 5.66. The summed E-state index contributed by atoms with van der Waals surface area (Å²) in [6.45, 7) is 0. The summed E-state index contributed by atoms with van der Waals surface area (Å²) < 4.78 is 5.26. The van der Waals surface area contributed by atoms with Crippen LogP contribution in [-0.4, -0.2) is 5.16 Å². The van der Waals surface area contributed by atoms with Crippen LogP contribution < -0.4 is 5.73 Å². The van der Waals surface area contributed by atoms with Gasteiger partial charge in [0, 0.05) is 10.6 Å². The van der Waals surface area contributed by atoms with Gasteiger partial charge in [0.1, 0.15) is 5.69 Å². The number of aromatic nitrogens is 1. The van der Waals surface area contributed by atoms with Gasteiger partial charge < -0.3 is 10.3 Å². The lowest BCUT2D eigenvalue weighted by Crippen LogP contribution is -1.83. The number of para-hydroxylation sites is 1. The Kier molecular flexibility index (Phi) is 2.27. The predicted molar refractivity (Wildman–Crippen MR) is 68.9 cm³/mol. The van der Waals surface area contributed by atoms with Gasteiger partial charge in [-0.2, -0.15) is 0 Å². The molecule has 4 heteroatoms. The second-order valence-corrected chi connectivity index (χ2v) is 4.20. The normalized spacial score (nSPS) is 10.9. The largest absolute Gasteiger partial charge is 0.396 e. The number of fused-ring (bicyclic) bond motifs is 1. The van der Waals surface area contributed by atoms with Crippen molar-refractivity contribution in [3.05, 3.63) is 47.5 Å². The number of anilines is 1. The second-order valence-electron chi connectivity index (χ2n) is 3.76. The number of rotatable bonds is 1. The lowest BCUT2D eigenvalue weighted by molar-refractivity contribution is 0.460. The Morgan fingerprint density at radius 3 is 2.59 bits per heavy atom. The van der Waals surface area contributed by atoms with Crippen LogP contribution >= 0.6 is 11.6 Å². The summed E-state index contributed by atoms with van der Waals surface area (Å²) in [5.74, 6) is 0. The molecule has 0 saturated heterocycles. The molecule has 1 heterocycles. The zero-order chi connectivity index (χ0) is 11.8. The van der Waals surface area contributed by atoms with Crippen molar-refractivity contribution in [3.63, 3.8) is 0 Å². The molecule has 0 aliphatic heterocycles.